The molecular weight excluding hydrogens is 498 g/mol. The zero-order valence-corrected chi connectivity index (χ0v) is 22.8. The third kappa shape index (κ3) is 4.86. The third-order valence-corrected chi connectivity index (χ3v) is 7.37. The molecule has 1 aliphatic heterocycles. The fourth-order valence-corrected chi connectivity index (χ4v) is 5.50. The number of fused-ring (bicyclic) bond motifs is 3. The number of rotatable bonds is 7. The van der Waals surface area contributed by atoms with Crippen LogP contribution in [-0.2, 0) is 13.0 Å². The van der Waals surface area contributed by atoms with Crippen LogP contribution in [0.5, 0.6) is 5.75 Å². The van der Waals surface area contributed by atoms with Gasteiger partial charge in [0.2, 0.25) is 0 Å². The van der Waals surface area contributed by atoms with Crippen LogP contribution >= 0.6 is 0 Å². The molecule has 0 spiro atoms. The SMILES string of the molecule is CCOc1cccc(C2c3cccn3-c3c(c(C)nn3-c3ccccc3)CN2C(=O)NCCc2ccccc2)c1. The Balaban J connectivity index is 1.44. The number of ether oxygens (including phenoxy) is 1. The van der Waals surface area contributed by atoms with E-state index in [2.05, 4.69) is 52.5 Å². The van der Waals surface area contributed by atoms with E-state index in [4.69, 9.17) is 9.84 Å². The highest BCUT2D eigenvalue weighted by Gasteiger charge is 2.36. The maximum atomic E-state index is 14.0. The van der Waals surface area contributed by atoms with Crippen molar-refractivity contribution < 1.29 is 9.53 Å². The summed E-state index contributed by atoms with van der Waals surface area (Å²) < 4.78 is 10.0. The van der Waals surface area contributed by atoms with Gasteiger partial charge in [-0.2, -0.15) is 5.10 Å². The van der Waals surface area contributed by atoms with E-state index in [-0.39, 0.29) is 12.1 Å². The number of nitrogens with one attached hydrogen (secondary N) is 1. The monoisotopic (exact) mass is 531 g/mol. The van der Waals surface area contributed by atoms with Crippen molar-refractivity contribution in [2.24, 2.45) is 0 Å². The molecule has 1 unspecified atom stereocenters. The van der Waals surface area contributed by atoms with E-state index in [1.54, 1.807) is 0 Å². The minimum atomic E-state index is -0.330. The second kappa shape index (κ2) is 11.1. The quantitative estimate of drug-likeness (QED) is 0.271. The van der Waals surface area contributed by atoms with Gasteiger partial charge in [-0.3, -0.25) is 0 Å². The maximum Gasteiger partial charge on any atom is 0.318 e. The molecular formula is C33H33N5O2. The Hall–Kier alpha value is -4.78. The van der Waals surface area contributed by atoms with Gasteiger partial charge in [-0.1, -0.05) is 60.7 Å². The molecule has 6 rings (SSSR count). The molecule has 3 heterocycles. The Kier molecular flexibility index (Phi) is 7.10. The molecule has 0 radical (unpaired) electrons. The van der Waals surface area contributed by atoms with E-state index in [9.17, 15) is 4.79 Å². The Morgan fingerprint density at radius 2 is 1.75 bits per heavy atom. The number of amides is 2. The zero-order chi connectivity index (χ0) is 27.5. The highest BCUT2D eigenvalue weighted by molar-refractivity contribution is 5.76. The number of urea groups is 1. The van der Waals surface area contributed by atoms with Crippen molar-refractivity contribution in [2.45, 2.75) is 32.9 Å². The van der Waals surface area contributed by atoms with E-state index in [0.29, 0.717) is 19.7 Å². The Labute approximate surface area is 234 Å². The van der Waals surface area contributed by atoms with Crippen LogP contribution in [-0.4, -0.2) is 38.4 Å². The van der Waals surface area contributed by atoms with Crippen LogP contribution in [0.25, 0.3) is 11.5 Å². The second-order valence-electron chi connectivity index (χ2n) is 9.94. The third-order valence-electron chi connectivity index (χ3n) is 7.37. The second-order valence-corrected chi connectivity index (χ2v) is 9.94. The molecule has 0 saturated carbocycles. The first kappa shape index (κ1) is 25.5. The van der Waals surface area contributed by atoms with Crippen molar-refractivity contribution in [3.63, 3.8) is 0 Å². The Bertz CT molecular complexity index is 1610. The fraction of sp³-hybridized carbons (Fsp3) is 0.212. The number of aromatic nitrogens is 3. The van der Waals surface area contributed by atoms with Gasteiger partial charge in [-0.05, 0) is 67.8 Å². The molecule has 1 atom stereocenters. The van der Waals surface area contributed by atoms with E-state index < -0.39 is 0 Å². The van der Waals surface area contributed by atoms with Crippen LogP contribution < -0.4 is 10.1 Å². The van der Waals surface area contributed by atoms with Crippen LogP contribution in [0.4, 0.5) is 4.79 Å². The predicted octanol–water partition coefficient (Wildman–Crippen LogP) is 6.23. The van der Waals surface area contributed by atoms with Crippen molar-refractivity contribution in [1.29, 1.82) is 0 Å². The van der Waals surface area contributed by atoms with Gasteiger partial charge >= 0.3 is 6.03 Å². The summed E-state index contributed by atoms with van der Waals surface area (Å²) in [5.41, 5.74) is 6.05. The standard InChI is InChI=1S/C33H33N5O2/c1-3-40-28-17-10-14-26(22-28)31-30-18-11-21-36(30)32-29(24(2)35-38(32)27-15-8-5-9-16-27)23-37(31)33(39)34-20-19-25-12-6-4-7-13-25/h4-18,21-22,31H,3,19-20,23H2,1-2H3,(H,34,39). The molecule has 3 aromatic carbocycles. The number of carbonyl (C=O) groups is 1. The van der Waals surface area contributed by atoms with E-state index in [0.717, 1.165) is 46.2 Å². The summed E-state index contributed by atoms with van der Waals surface area (Å²) in [7, 11) is 0. The first-order valence-corrected chi connectivity index (χ1v) is 13.8. The molecule has 7 heteroatoms. The van der Waals surface area contributed by atoms with Crippen LogP contribution in [0, 0.1) is 6.92 Å². The summed E-state index contributed by atoms with van der Waals surface area (Å²) in [6, 6.07) is 32.1. The smallest absolute Gasteiger partial charge is 0.318 e. The number of benzene rings is 3. The zero-order valence-electron chi connectivity index (χ0n) is 22.8. The van der Waals surface area contributed by atoms with Crippen LogP contribution in [0.15, 0.2) is 103 Å². The van der Waals surface area contributed by atoms with Crippen molar-refractivity contribution >= 4 is 6.03 Å². The lowest BCUT2D eigenvalue weighted by Crippen LogP contribution is -2.42. The molecule has 1 N–H and O–H groups in total. The summed E-state index contributed by atoms with van der Waals surface area (Å²) in [5.74, 6) is 1.74. The summed E-state index contributed by atoms with van der Waals surface area (Å²) in [4.78, 5) is 15.9. The molecule has 0 saturated heterocycles. The van der Waals surface area contributed by atoms with Crippen LogP contribution in [0.1, 0.15) is 41.0 Å². The molecule has 7 nitrogen and oxygen atoms in total. The van der Waals surface area contributed by atoms with Crippen LogP contribution in [0.3, 0.4) is 0 Å². The van der Waals surface area contributed by atoms with Gasteiger partial charge in [0, 0.05) is 18.3 Å². The molecule has 40 heavy (non-hydrogen) atoms. The molecule has 5 aromatic rings. The minimum Gasteiger partial charge on any atom is -0.494 e. The average molecular weight is 532 g/mol. The lowest BCUT2D eigenvalue weighted by molar-refractivity contribution is 0.180. The molecule has 0 aliphatic carbocycles. The van der Waals surface area contributed by atoms with Gasteiger partial charge in [0.05, 0.1) is 36.3 Å². The summed E-state index contributed by atoms with van der Waals surface area (Å²) in [6.07, 6.45) is 2.82. The molecule has 202 valence electrons. The molecule has 0 fully saturated rings. The summed E-state index contributed by atoms with van der Waals surface area (Å²) in [5, 5.41) is 8.13. The normalized spacial score (nSPS) is 14.2. The average Bonchev–Trinajstić information content (AvgIpc) is 3.54. The Morgan fingerprint density at radius 3 is 2.52 bits per heavy atom. The lowest BCUT2D eigenvalue weighted by Gasteiger charge is -2.31. The van der Waals surface area contributed by atoms with Gasteiger partial charge in [-0.25, -0.2) is 9.48 Å². The summed E-state index contributed by atoms with van der Waals surface area (Å²) >= 11 is 0. The topological polar surface area (TPSA) is 64.3 Å². The number of carbonyl (C=O) groups excluding carboxylic acids is 1. The number of hydrogen-bond acceptors (Lipinski definition) is 3. The van der Waals surface area contributed by atoms with Gasteiger partial charge in [0.1, 0.15) is 11.6 Å². The number of aryl methyl sites for hydroxylation is 1. The van der Waals surface area contributed by atoms with E-state index in [1.807, 2.05) is 84.1 Å². The van der Waals surface area contributed by atoms with Gasteiger partial charge < -0.3 is 19.5 Å². The first-order chi connectivity index (χ1) is 19.6. The summed E-state index contributed by atoms with van der Waals surface area (Å²) in [6.45, 7) is 5.52. The predicted molar refractivity (Wildman–Crippen MR) is 156 cm³/mol. The maximum absolute atomic E-state index is 14.0. The highest BCUT2D eigenvalue weighted by atomic mass is 16.5. The van der Waals surface area contributed by atoms with Gasteiger partial charge in [-0.15, -0.1) is 0 Å². The lowest BCUT2D eigenvalue weighted by atomic mass is 10.0. The van der Waals surface area contributed by atoms with Gasteiger partial charge in [0.25, 0.3) is 0 Å². The van der Waals surface area contributed by atoms with Crippen molar-refractivity contribution in [3.05, 3.63) is 131 Å². The number of para-hydroxylation sites is 1. The van der Waals surface area contributed by atoms with E-state index in [1.165, 1.54) is 5.56 Å². The fourth-order valence-electron chi connectivity index (χ4n) is 5.50. The molecule has 1 aliphatic rings. The number of hydrogen-bond donors (Lipinski definition) is 1. The first-order valence-electron chi connectivity index (χ1n) is 13.8. The van der Waals surface area contributed by atoms with Crippen molar-refractivity contribution in [1.82, 2.24) is 24.6 Å². The molecule has 2 aromatic heterocycles. The number of nitrogens with zero attached hydrogens (tertiary/aromatic N) is 4. The minimum absolute atomic E-state index is 0.116. The van der Waals surface area contributed by atoms with Gasteiger partial charge in [0.15, 0.2) is 0 Å². The van der Waals surface area contributed by atoms with Crippen molar-refractivity contribution in [3.8, 4) is 17.3 Å². The van der Waals surface area contributed by atoms with E-state index >= 15 is 0 Å². The van der Waals surface area contributed by atoms with Crippen molar-refractivity contribution in [2.75, 3.05) is 13.2 Å². The Morgan fingerprint density at radius 1 is 0.975 bits per heavy atom. The highest BCUT2D eigenvalue weighted by Crippen LogP contribution is 2.39. The largest absolute Gasteiger partial charge is 0.494 e. The van der Waals surface area contributed by atoms with Crippen LogP contribution in [0.2, 0.25) is 0 Å². The molecule has 0 bridgehead atoms. The molecule has 2 amide bonds.